The lowest BCUT2D eigenvalue weighted by Gasteiger charge is -2.27. The highest BCUT2D eigenvalue weighted by Crippen LogP contribution is 2.36. The molecule has 2 rings (SSSR count). The Morgan fingerprint density at radius 1 is 1.27 bits per heavy atom. The first-order valence-corrected chi connectivity index (χ1v) is 4.27. The normalized spacial score (nSPS) is 42.8. The summed E-state index contributed by atoms with van der Waals surface area (Å²) >= 11 is 0. The molecule has 66 valence electrons. The van der Waals surface area contributed by atoms with Crippen LogP contribution in [0, 0.1) is 0 Å². The molecule has 0 radical (unpaired) electrons. The molecule has 0 aromatic heterocycles. The fourth-order valence-electron chi connectivity index (χ4n) is 2.38. The summed E-state index contributed by atoms with van der Waals surface area (Å²) in [5.41, 5.74) is 0.153. The lowest BCUT2D eigenvalue weighted by atomic mass is 9.94. The van der Waals surface area contributed by atoms with E-state index < -0.39 is 0 Å². The first-order chi connectivity index (χ1) is 4.83. The van der Waals surface area contributed by atoms with E-state index in [9.17, 15) is 5.11 Å². The maximum atomic E-state index is 9.62. The Labute approximate surface area is 73.8 Å². The monoisotopic (exact) mass is 177 g/mol. The Kier molecular flexibility index (Phi) is 2.79. The van der Waals surface area contributed by atoms with Crippen molar-refractivity contribution in [3.8, 4) is 0 Å². The Morgan fingerprint density at radius 3 is 2.45 bits per heavy atom. The van der Waals surface area contributed by atoms with Gasteiger partial charge in [-0.05, 0) is 38.6 Å². The van der Waals surface area contributed by atoms with E-state index >= 15 is 0 Å². The lowest BCUT2D eigenvalue weighted by molar-refractivity contribution is 0.0976. The van der Waals surface area contributed by atoms with E-state index in [4.69, 9.17) is 0 Å². The third-order valence-electron chi connectivity index (χ3n) is 3.02. The zero-order valence-corrected chi connectivity index (χ0v) is 7.49. The molecule has 2 fully saturated rings. The van der Waals surface area contributed by atoms with Crippen molar-refractivity contribution in [1.29, 1.82) is 0 Å². The van der Waals surface area contributed by atoms with Crippen molar-refractivity contribution in [2.75, 3.05) is 6.54 Å². The van der Waals surface area contributed by atoms with Gasteiger partial charge in [-0.2, -0.15) is 0 Å². The number of aliphatic hydroxyl groups is 1. The predicted molar refractivity (Wildman–Crippen MR) is 47.1 cm³/mol. The van der Waals surface area contributed by atoms with Gasteiger partial charge in [0.1, 0.15) is 0 Å². The summed E-state index contributed by atoms with van der Waals surface area (Å²) < 4.78 is 0. The summed E-state index contributed by atoms with van der Waals surface area (Å²) in [6, 6.07) is 0. The molecule has 2 atom stereocenters. The molecule has 1 heterocycles. The van der Waals surface area contributed by atoms with Crippen molar-refractivity contribution in [2.24, 2.45) is 0 Å². The number of hydrogen-bond acceptors (Lipinski definition) is 2. The molecule has 0 aromatic carbocycles. The molecule has 2 aliphatic rings. The molecule has 1 saturated carbocycles. The fraction of sp³-hybridized carbons (Fsp3) is 1.00. The van der Waals surface area contributed by atoms with Crippen LogP contribution in [0.4, 0.5) is 0 Å². The Balaban J connectivity index is 0.000000605. The smallest absolute Gasteiger partial charge is 0.0721 e. The SMILES string of the molecule is Cl.OC1CCCC12CCCN2. The van der Waals surface area contributed by atoms with Crippen molar-refractivity contribution in [1.82, 2.24) is 5.32 Å². The van der Waals surface area contributed by atoms with Crippen LogP contribution < -0.4 is 5.32 Å². The minimum absolute atomic E-state index is 0. The number of nitrogens with one attached hydrogen (secondary N) is 1. The molecule has 2 nitrogen and oxygen atoms in total. The van der Waals surface area contributed by atoms with Gasteiger partial charge in [-0.1, -0.05) is 0 Å². The van der Waals surface area contributed by atoms with Gasteiger partial charge in [0.15, 0.2) is 0 Å². The van der Waals surface area contributed by atoms with E-state index in [2.05, 4.69) is 5.32 Å². The van der Waals surface area contributed by atoms with Crippen molar-refractivity contribution in [3.63, 3.8) is 0 Å². The third-order valence-corrected chi connectivity index (χ3v) is 3.02. The average molecular weight is 178 g/mol. The van der Waals surface area contributed by atoms with Crippen LogP contribution in [0.5, 0.6) is 0 Å². The summed E-state index contributed by atoms with van der Waals surface area (Å²) in [7, 11) is 0. The number of aliphatic hydroxyl groups excluding tert-OH is 1. The number of halogens is 1. The van der Waals surface area contributed by atoms with Crippen LogP contribution in [-0.2, 0) is 0 Å². The van der Waals surface area contributed by atoms with Crippen molar-refractivity contribution in [2.45, 2.75) is 43.7 Å². The summed E-state index contributed by atoms with van der Waals surface area (Å²) in [5.74, 6) is 0. The van der Waals surface area contributed by atoms with Gasteiger partial charge in [0.25, 0.3) is 0 Å². The van der Waals surface area contributed by atoms with Gasteiger partial charge in [-0.15, -0.1) is 12.4 Å². The molecule has 3 heteroatoms. The molecular weight excluding hydrogens is 162 g/mol. The van der Waals surface area contributed by atoms with Gasteiger partial charge in [0.05, 0.1) is 6.10 Å². The molecule has 2 unspecified atom stereocenters. The molecule has 1 spiro atoms. The van der Waals surface area contributed by atoms with E-state index in [0.717, 1.165) is 13.0 Å². The highest BCUT2D eigenvalue weighted by atomic mass is 35.5. The molecule has 0 amide bonds. The van der Waals surface area contributed by atoms with E-state index in [1.54, 1.807) is 0 Å². The van der Waals surface area contributed by atoms with Crippen molar-refractivity contribution in [3.05, 3.63) is 0 Å². The first kappa shape index (κ1) is 9.30. The second kappa shape index (κ2) is 3.30. The van der Waals surface area contributed by atoms with E-state index in [1.165, 1.54) is 25.7 Å². The third kappa shape index (κ3) is 1.40. The largest absolute Gasteiger partial charge is 0.391 e. The van der Waals surface area contributed by atoms with E-state index in [0.29, 0.717) is 0 Å². The summed E-state index contributed by atoms with van der Waals surface area (Å²) in [5, 5.41) is 13.0. The second-order valence-corrected chi connectivity index (χ2v) is 3.59. The second-order valence-electron chi connectivity index (χ2n) is 3.59. The maximum absolute atomic E-state index is 9.62. The van der Waals surface area contributed by atoms with Gasteiger partial charge in [-0.3, -0.25) is 0 Å². The molecule has 11 heavy (non-hydrogen) atoms. The lowest BCUT2D eigenvalue weighted by Crippen LogP contribution is -2.46. The number of rotatable bonds is 0. The zero-order chi connectivity index (χ0) is 7.03. The highest BCUT2D eigenvalue weighted by Gasteiger charge is 2.43. The Hall–Kier alpha value is 0.210. The van der Waals surface area contributed by atoms with E-state index in [1.807, 2.05) is 0 Å². The van der Waals surface area contributed by atoms with Crippen molar-refractivity contribution >= 4 is 12.4 Å². The van der Waals surface area contributed by atoms with Crippen LogP contribution in [0.15, 0.2) is 0 Å². The van der Waals surface area contributed by atoms with Gasteiger partial charge >= 0.3 is 0 Å². The molecule has 1 aliphatic heterocycles. The van der Waals surface area contributed by atoms with Gasteiger partial charge in [0.2, 0.25) is 0 Å². The van der Waals surface area contributed by atoms with Crippen LogP contribution >= 0.6 is 12.4 Å². The molecule has 0 aromatic rings. The average Bonchev–Trinajstić information content (AvgIpc) is 2.48. The van der Waals surface area contributed by atoms with Crippen LogP contribution in [0.3, 0.4) is 0 Å². The highest BCUT2D eigenvalue weighted by molar-refractivity contribution is 5.85. The Morgan fingerprint density at radius 2 is 2.00 bits per heavy atom. The standard InChI is InChI=1S/C8H15NO.ClH/c10-7-3-1-4-8(7)5-2-6-9-8;/h7,9-10H,1-6H2;1H. The van der Waals surface area contributed by atoms with E-state index in [-0.39, 0.29) is 24.0 Å². The molecular formula is C8H16ClNO. The quantitative estimate of drug-likeness (QED) is 0.581. The van der Waals surface area contributed by atoms with Gasteiger partial charge in [0, 0.05) is 5.54 Å². The molecule has 0 bridgehead atoms. The summed E-state index contributed by atoms with van der Waals surface area (Å²) in [6.07, 6.45) is 5.77. The van der Waals surface area contributed by atoms with Gasteiger partial charge in [-0.25, -0.2) is 0 Å². The van der Waals surface area contributed by atoms with Crippen molar-refractivity contribution < 1.29 is 5.11 Å². The topological polar surface area (TPSA) is 32.3 Å². The van der Waals surface area contributed by atoms with Gasteiger partial charge < -0.3 is 10.4 Å². The van der Waals surface area contributed by atoms with Crippen LogP contribution in [0.2, 0.25) is 0 Å². The number of hydrogen-bond donors (Lipinski definition) is 2. The van der Waals surface area contributed by atoms with Crippen LogP contribution in [0.1, 0.15) is 32.1 Å². The summed E-state index contributed by atoms with van der Waals surface area (Å²) in [6.45, 7) is 1.11. The molecule has 1 saturated heterocycles. The fourth-order valence-corrected chi connectivity index (χ4v) is 2.38. The molecule has 1 aliphatic carbocycles. The Bertz CT molecular complexity index is 129. The zero-order valence-electron chi connectivity index (χ0n) is 6.68. The van der Waals surface area contributed by atoms with Crippen LogP contribution in [0.25, 0.3) is 0 Å². The summed E-state index contributed by atoms with van der Waals surface area (Å²) in [4.78, 5) is 0. The predicted octanol–water partition coefficient (Wildman–Crippen LogP) is 1.08. The first-order valence-electron chi connectivity index (χ1n) is 4.27. The minimum atomic E-state index is -0.0602. The molecule has 2 N–H and O–H groups in total. The minimum Gasteiger partial charge on any atom is -0.391 e. The van der Waals surface area contributed by atoms with Crippen LogP contribution in [-0.4, -0.2) is 23.3 Å². The maximum Gasteiger partial charge on any atom is 0.0721 e.